The number of halogens is 1. The number of amides is 1. The number of hydrogen-bond donors (Lipinski definition) is 2. The van der Waals surface area contributed by atoms with E-state index in [1.165, 1.54) is 6.26 Å². The van der Waals surface area contributed by atoms with Crippen molar-refractivity contribution in [2.24, 2.45) is 0 Å². The lowest BCUT2D eigenvalue weighted by Crippen LogP contribution is -2.46. The van der Waals surface area contributed by atoms with E-state index < -0.39 is 0 Å². The minimum absolute atomic E-state index is 0.254. The van der Waals surface area contributed by atoms with Gasteiger partial charge in [-0.25, -0.2) is 4.98 Å². The topological polar surface area (TPSA) is 76.4 Å². The average Bonchev–Trinajstić information content (AvgIpc) is 3.00. The van der Waals surface area contributed by atoms with Gasteiger partial charge in [-0.05, 0) is 31.2 Å². The molecule has 2 aromatic rings. The molecule has 7 heteroatoms. The van der Waals surface area contributed by atoms with E-state index in [2.05, 4.69) is 15.6 Å². The van der Waals surface area contributed by atoms with E-state index in [0.29, 0.717) is 29.1 Å². The average molecular weight is 322 g/mol. The van der Waals surface area contributed by atoms with Crippen LogP contribution in [-0.4, -0.2) is 30.1 Å². The number of aromatic nitrogens is 1. The third kappa shape index (κ3) is 3.58. The summed E-state index contributed by atoms with van der Waals surface area (Å²) in [5.41, 5.74) is 0.695. The van der Waals surface area contributed by atoms with Crippen LogP contribution in [0.3, 0.4) is 0 Å². The molecule has 2 N–H and O–H groups in total. The summed E-state index contributed by atoms with van der Waals surface area (Å²) in [6.07, 6.45) is 4.15. The first-order valence-electron chi connectivity index (χ1n) is 7.04. The number of furan rings is 1. The second kappa shape index (κ2) is 6.81. The number of nitrogens with zero attached hydrogens (tertiary/aromatic N) is 1. The first-order chi connectivity index (χ1) is 10.7. The van der Waals surface area contributed by atoms with E-state index in [1.54, 1.807) is 24.4 Å². The van der Waals surface area contributed by atoms with Crippen molar-refractivity contribution < 1.29 is 13.9 Å². The van der Waals surface area contributed by atoms with Crippen molar-refractivity contribution in [2.75, 3.05) is 13.2 Å². The third-order valence-corrected chi connectivity index (χ3v) is 3.79. The molecular weight excluding hydrogens is 306 g/mol. The van der Waals surface area contributed by atoms with Crippen LogP contribution >= 0.6 is 11.6 Å². The molecule has 2 aromatic heterocycles. The van der Waals surface area contributed by atoms with Crippen molar-refractivity contribution in [1.29, 1.82) is 0 Å². The number of nitrogens with one attached hydrogen (secondary N) is 2. The van der Waals surface area contributed by atoms with Crippen LogP contribution < -0.4 is 15.4 Å². The quantitative estimate of drug-likeness (QED) is 0.796. The van der Waals surface area contributed by atoms with Crippen molar-refractivity contribution >= 4 is 17.5 Å². The summed E-state index contributed by atoms with van der Waals surface area (Å²) in [5, 5.41) is 6.33. The Labute approximate surface area is 132 Å². The zero-order valence-corrected chi connectivity index (χ0v) is 12.6. The summed E-state index contributed by atoms with van der Waals surface area (Å²) in [6.45, 7) is 1.89. The van der Waals surface area contributed by atoms with Gasteiger partial charge in [-0.3, -0.25) is 4.79 Å². The zero-order chi connectivity index (χ0) is 15.4. The maximum Gasteiger partial charge on any atom is 0.287 e. The molecule has 0 unspecified atom stereocenters. The molecule has 0 saturated carbocycles. The van der Waals surface area contributed by atoms with Gasteiger partial charge in [0, 0.05) is 18.2 Å². The molecule has 0 spiro atoms. The van der Waals surface area contributed by atoms with Gasteiger partial charge >= 0.3 is 0 Å². The van der Waals surface area contributed by atoms with Crippen LogP contribution in [0.4, 0.5) is 0 Å². The smallest absolute Gasteiger partial charge is 0.287 e. The lowest BCUT2D eigenvalue weighted by molar-refractivity contribution is 0.0923. The Balaban J connectivity index is 1.58. The van der Waals surface area contributed by atoms with Crippen LogP contribution in [0.2, 0.25) is 5.15 Å². The molecule has 1 fully saturated rings. The van der Waals surface area contributed by atoms with E-state index in [4.69, 9.17) is 20.8 Å². The van der Waals surface area contributed by atoms with Gasteiger partial charge in [0.25, 0.3) is 5.91 Å². The molecule has 6 nitrogen and oxygen atoms in total. The van der Waals surface area contributed by atoms with Gasteiger partial charge in [-0.1, -0.05) is 11.6 Å². The number of pyridine rings is 1. The lowest BCUT2D eigenvalue weighted by atomic mass is 10.1. The summed E-state index contributed by atoms with van der Waals surface area (Å²) in [5.74, 6) is 0.596. The highest BCUT2D eigenvalue weighted by molar-refractivity contribution is 6.30. The molecule has 0 radical (unpaired) electrons. The molecular formula is C15H16ClN3O3. The Morgan fingerprint density at radius 1 is 1.59 bits per heavy atom. The fourth-order valence-electron chi connectivity index (χ4n) is 2.03. The molecule has 116 valence electrons. The first-order valence-corrected chi connectivity index (χ1v) is 7.42. The number of carbonyl (C=O) groups is 1. The predicted octanol–water partition coefficient (Wildman–Crippen LogP) is 2.00. The zero-order valence-electron chi connectivity index (χ0n) is 11.8. The van der Waals surface area contributed by atoms with E-state index in [0.717, 1.165) is 13.0 Å². The number of rotatable bonds is 6. The second-order valence-corrected chi connectivity index (χ2v) is 5.39. The molecule has 3 rings (SSSR count). The molecule has 1 amide bonds. The SMILES string of the molecule is O=C(NCc1cc(OC[C@@H]2CCN2)cnc1Cl)c1ccco1. The van der Waals surface area contributed by atoms with Crippen LogP contribution in [0.25, 0.3) is 0 Å². The fraction of sp³-hybridized carbons (Fsp3) is 0.333. The third-order valence-electron chi connectivity index (χ3n) is 3.45. The van der Waals surface area contributed by atoms with Crippen molar-refractivity contribution in [3.63, 3.8) is 0 Å². The highest BCUT2D eigenvalue weighted by Gasteiger charge is 2.17. The summed E-state index contributed by atoms with van der Waals surface area (Å²) < 4.78 is 10.7. The van der Waals surface area contributed by atoms with Crippen molar-refractivity contribution in [2.45, 2.75) is 19.0 Å². The summed E-state index contributed by atoms with van der Waals surface area (Å²) in [7, 11) is 0. The Bertz CT molecular complexity index is 641. The molecule has 1 aliphatic rings. The maximum atomic E-state index is 11.8. The number of ether oxygens (including phenoxy) is 1. The Kier molecular flexibility index (Phi) is 4.60. The minimum atomic E-state index is -0.300. The Morgan fingerprint density at radius 2 is 2.45 bits per heavy atom. The van der Waals surface area contributed by atoms with Crippen LogP contribution in [0.1, 0.15) is 22.5 Å². The highest BCUT2D eigenvalue weighted by Crippen LogP contribution is 2.20. The normalized spacial score (nSPS) is 16.9. The first kappa shape index (κ1) is 14.9. The van der Waals surface area contributed by atoms with Gasteiger partial charge < -0.3 is 19.8 Å². The lowest BCUT2D eigenvalue weighted by Gasteiger charge is -2.27. The van der Waals surface area contributed by atoms with Gasteiger partial charge in [-0.15, -0.1) is 0 Å². The molecule has 1 aliphatic heterocycles. The van der Waals surface area contributed by atoms with E-state index in [9.17, 15) is 4.79 Å². The molecule has 0 bridgehead atoms. The van der Waals surface area contributed by atoms with Crippen molar-refractivity contribution in [3.8, 4) is 5.75 Å². The Hall–Kier alpha value is -2.05. The van der Waals surface area contributed by atoms with Gasteiger partial charge in [0.05, 0.1) is 12.5 Å². The van der Waals surface area contributed by atoms with Crippen LogP contribution in [0.15, 0.2) is 35.1 Å². The molecule has 3 heterocycles. The molecule has 22 heavy (non-hydrogen) atoms. The summed E-state index contributed by atoms with van der Waals surface area (Å²) in [4.78, 5) is 15.9. The molecule has 1 saturated heterocycles. The molecule has 1 atom stereocenters. The van der Waals surface area contributed by atoms with Crippen molar-refractivity contribution in [3.05, 3.63) is 47.1 Å². The van der Waals surface area contributed by atoms with Crippen LogP contribution in [0.5, 0.6) is 5.75 Å². The van der Waals surface area contributed by atoms with Gasteiger partial charge in [-0.2, -0.15) is 0 Å². The molecule has 0 aliphatic carbocycles. The van der Waals surface area contributed by atoms with E-state index in [-0.39, 0.29) is 18.2 Å². The predicted molar refractivity (Wildman–Crippen MR) is 81.0 cm³/mol. The molecule has 0 aromatic carbocycles. The van der Waals surface area contributed by atoms with Crippen LogP contribution in [0, 0.1) is 0 Å². The summed E-state index contributed by atoms with van der Waals surface area (Å²) >= 11 is 6.05. The Morgan fingerprint density at radius 3 is 3.14 bits per heavy atom. The van der Waals surface area contributed by atoms with Gasteiger partial charge in [0.1, 0.15) is 17.5 Å². The highest BCUT2D eigenvalue weighted by atomic mass is 35.5. The van der Waals surface area contributed by atoms with Gasteiger partial charge in [0.2, 0.25) is 0 Å². The number of carbonyl (C=O) groups excluding carboxylic acids is 1. The second-order valence-electron chi connectivity index (χ2n) is 5.03. The van der Waals surface area contributed by atoms with E-state index in [1.807, 2.05) is 0 Å². The number of hydrogen-bond acceptors (Lipinski definition) is 5. The largest absolute Gasteiger partial charge is 0.490 e. The summed E-state index contributed by atoms with van der Waals surface area (Å²) in [6, 6.07) is 5.45. The van der Waals surface area contributed by atoms with E-state index >= 15 is 0 Å². The monoisotopic (exact) mass is 321 g/mol. The van der Waals surface area contributed by atoms with Crippen molar-refractivity contribution in [1.82, 2.24) is 15.6 Å². The minimum Gasteiger partial charge on any atom is -0.490 e. The standard InChI is InChI=1S/C15H16ClN3O3/c16-14-10(7-19-15(20)13-2-1-5-21-13)6-12(8-18-14)22-9-11-3-4-17-11/h1-2,5-6,8,11,17H,3-4,7,9H2,(H,19,20)/t11-/m0/s1. The van der Waals surface area contributed by atoms with Gasteiger partial charge in [0.15, 0.2) is 5.76 Å². The fourth-order valence-corrected chi connectivity index (χ4v) is 2.20. The van der Waals surface area contributed by atoms with Crippen LogP contribution in [-0.2, 0) is 6.54 Å². The maximum absolute atomic E-state index is 11.8.